The molecule has 0 bridgehead atoms. The highest BCUT2D eigenvalue weighted by atomic mass is 35.5. The normalized spacial score (nSPS) is 10.4. The Morgan fingerprint density at radius 3 is 2.68 bits per heavy atom. The lowest BCUT2D eigenvalue weighted by Gasteiger charge is -1.97. The maximum Gasteiger partial charge on any atom is 0.166 e. The van der Waals surface area contributed by atoms with Crippen LogP contribution < -0.4 is 0 Å². The van der Waals surface area contributed by atoms with Crippen molar-refractivity contribution in [3.05, 3.63) is 59.7 Å². The summed E-state index contributed by atoms with van der Waals surface area (Å²) in [6.45, 7) is 2.09. The number of aromatic nitrogens is 2. The van der Waals surface area contributed by atoms with E-state index in [9.17, 15) is 0 Å². The summed E-state index contributed by atoms with van der Waals surface area (Å²) in [6.07, 6.45) is 0. The van der Waals surface area contributed by atoms with Crippen molar-refractivity contribution in [2.75, 3.05) is 0 Å². The van der Waals surface area contributed by atoms with Crippen molar-refractivity contribution >= 4 is 35.2 Å². The summed E-state index contributed by atoms with van der Waals surface area (Å²) in [5.41, 5.74) is 4.73. The Hall–Kier alpha value is -1.45. The fourth-order valence-corrected chi connectivity index (χ4v) is 2.74. The fraction of sp³-hybridized carbons (Fsp3) is 0.133. The minimum absolute atomic E-state index is 0. The van der Waals surface area contributed by atoms with Gasteiger partial charge in [-0.3, -0.25) is 0 Å². The Kier molecular flexibility index (Phi) is 4.51. The zero-order valence-electron chi connectivity index (χ0n) is 10.6. The summed E-state index contributed by atoms with van der Waals surface area (Å²) >= 11 is 1.74. The third kappa shape index (κ3) is 3.31. The van der Waals surface area contributed by atoms with Crippen LogP contribution in [0.1, 0.15) is 11.1 Å². The molecule has 0 saturated heterocycles. The number of thioether (sulfide) groups is 1. The quantitative estimate of drug-likeness (QED) is 0.715. The first-order valence-electron chi connectivity index (χ1n) is 5.94. The highest BCUT2D eigenvalue weighted by molar-refractivity contribution is 7.98. The van der Waals surface area contributed by atoms with Crippen LogP contribution in [-0.4, -0.2) is 9.97 Å². The van der Waals surface area contributed by atoms with Crippen molar-refractivity contribution in [1.29, 1.82) is 0 Å². The smallest absolute Gasteiger partial charge is 0.166 e. The van der Waals surface area contributed by atoms with Crippen LogP contribution in [0.25, 0.3) is 11.0 Å². The molecule has 19 heavy (non-hydrogen) atoms. The van der Waals surface area contributed by atoms with Gasteiger partial charge in [-0.25, -0.2) is 4.98 Å². The lowest BCUT2D eigenvalue weighted by Crippen LogP contribution is -1.80. The summed E-state index contributed by atoms with van der Waals surface area (Å²) in [6, 6.07) is 16.7. The molecule has 1 N–H and O–H groups in total. The first-order chi connectivity index (χ1) is 8.81. The van der Waals surface area contributed by atoms with E-state index in [1.807, 2.05) is 6.07 Å². The highest BCUT2D eigenvalue weighted by Crippen LogP contribution is 2.23. The van der Waals surface area contributed by atoms with Crippen molar-refractivity contribution in [1.82, 2.24) is 9.97 Å². The summed E-state index contributed by atoms with van der Waals surface area (Å²) in [5, 5.41) is 0.986. The summed E-state index contributed by atoms with van der Waals surface area (Å²) in [4.78, 5) is 7.93. The monoisotopic (exact) mass is 290 g/mol. The van der Waals surface area contributed by atoms with Gasteiger partial charge in [-0.15, -0.1) is 12.4 Å². The highest BCUT2D eigenvalue weighted by Gasteiger charge is 2.03. The molecule has 0 radical (unpaired) electrons. The Balaban J connectivity index is 0.00000133. The van der Waals surface area contributed by atoms with Gasteiger partial charge >= 0.3 is 0 Å². The molecule has 0 spiro atoms. The van der Waals surface area contributed by atoms with E-state index in [2.05, 4.69) is 59.4 Å². The van der Waals surface area contributed by atoms with Gasteiger partial charge in [-0.1, -0.05) is 48.2 Å². The molecule has 2 nitrogen and oxygen atoms in total. The molecule has 1 heterocycles. The number of hydrogen-bond acceptors (Lipinski definition) is 2. The molecule has 2 aromatic carbocycles. The number of nitrogens with zero attached hydrogens (tertiary/aromatic N) is 1. The first-order valence-corrected chi connectivity index (χ1v) is 6.93. The molecule has 3 rings (SSSR count). The van der Waals surface area contributed by atoms with Crippen LogP contribution >= 0.6 is 24.2 Å². The molecule has 1 aromatic heterocycles. The Labute approximate surface area is 123 Å². The van der Waals surface area contributed by atoms with Gasteiger partial charge in [0.2, 0.25) is 0 Å². The van der Waals surface area contributed by atoms with Crippen LogP contribution in [0.5, 0.6) is 0 Å². The van der Waals surface area contributed by atoms with Crippen LogP contribution in [0.3, 0.4) is 0 Å². The zero-order valence-corrected chi connectivity index (χ0v) is 12.2. The standard InChI is InChI=1S/C15H14N2S.ClH/c1-11-7-8-13-14(9-11)17-15(16-13)18-10-12-5-3-2-4-6-12;/h2-9H,10H2,1H3,(H,16,17);1H. The SMILES string of the molecule is Cc1ccc2nc(SCc3ccccc3)[nH]c2c1.Cl. The van der Waals surface area contributed by atoms with Gasteiger partial charge in [0.05, 0.1) is 11.0 Å². The number of H-pyrrole nitrogens is 1. The summed E-state index contributed by atoms with van der Waals surface area (Å²) < 4.78 is 0. The molecule has 3 aromatic rings. The maximum atomic E-state index is 4.58. The van der Waals surface area contributed by atoms with Crippen molar-refractivity contribution < 1.29 is 0 Å². The number of nitrogens with one attached hydrogen (secondary N) is 1. The van der Waals surface area contributed by atoms with Gasteiger partial charge < -0.3 is 4.98 Å². The first kappa shape index (κ1) is 14.0. The van der Waals surface area contributed by atoms with E-state index in [0.717, 1.165) is 21.9 Å². The van der Waals surface area contributed by atoms with Gasteiger partial charge in [0.1, 0.15) is 0 Å². The lowest BCUT2D eigenvalue weighted by atomic mass is 10.2. The van der Waals surface area contributed by atoms with Crippen LogP contribution in [0, 0.1) is 6.92 Å². The van der Waals surface area contributed by atoms with Gasteiger partial charge in [0.25, 0.3) is 0 Å². The largest absolute Gasteiger partial charge is 0.333 e. The number of imidazole rings is 1. The molecule has 0 aliphatic carbocycles. The predicted molar refractivity (Wildman–Crippen MR) is 84.1 cm³/mol. The zero-order chi connectivity index (χ0) is 12.4. The number of aromatic amines is 1. The van der Waals surface area contributed by atoms with E-state index in [-0.39, 0.29) is 12.4 Å². The van der Waals surface area contributed by atoms with Gasteiger partial charge in [-0.2, -0.15) is 0 Å². The van der Waals surface area contributed by atoms with Crippen molar-refractivity contribution in [3.63, 3.8) is 0 Å². The van der Waals surface area contributed by atoms with Crippen molar-refractivity contribution in [2.24, 2.45) is 0 Å². The van der Waals surface area contributed by atoms with Crippen LogP contribution in [0.4, 0.5) is 0 Å². The van der Waals surface area contributed by atoms with E-state index in [4.69, 9.17) is 0 Å². The minimum atomic E-state index is 0. The second-order valence-corrected chi connectivity index (χ2v) is 5.30. The van der Waals surface area contributed by atoms with Crippen molar-refractivity contribution in [3.8, 4) is 0 Å². The van der Waals surface area contributed by atoms with Gasteiger partial charge in [-0.05, 0) is 30.2 Å². The minimum Gasteiger partial charge on any atom is -0.333 e. The Bertz CT molecular complexity index is 664. The fourth-order valence-electron chi connectivity index (χ4n) is 1.89. The number of fused-ring (bicyclic) bond motifs is 1. The molecule has 0 atom stereocenters. The molecular weight excluding hydrogens is 276 g/mol. The third-order valence-electron chi connectivity index (χ3n) is 2.83. The summed E-state index contributed by atoms with van der Waals surface area (Å²) in [5.74, 6) is 0.944. The molecule has 0 unspecified atom stereocenters. The van der Waals surface area contributed by atoms with Crippen LogP contribution in [0.2, 0.25) is 0 Å². The predicted octanol–water partition coefficient (Wildman–Crippen LogP) is 4.59. The number of halogens is 1. The molecule has 0 aliphatic rings. The van der Waals surface area contributed by atoms with Crippen LogP contribution in [0.15, 0.2) is 53.7 Å². The third-order valence-corrected chi connectivity index (χ3v) is 3.78. The van der Waals surface area contributed by atoms with E-state index in [0.29, 0.717) is 0 Å². The molecule has 98 valence electrons. The van der Waals surface area contributed by atoms with Gasteiger partial charge in [0, 0.05) is 5.75 Å². The Morgan fingerprint density at radius 1 is 1.11 bits per heavy atom. The molecule has 0 amide bonds. The second kappa shape index (κ2) is 6.13. The Morgan fingerprint density at radius 2 is 1.89 bits per heavy atom. The van der Waals surface area contributed by atoms with Crippen LogP contribution in [-0.2, 0) is 5.75 Å². The number of benzene rings is 2. The lowest BCUT2D eigenvalue weighted by molar-refractivity contribution is 1.08. The van der Waals surface area contributed by atoms with Crippen molar-refractivity contribution in [2.45, 2.75) is 17.8 Å². The number of hydrogen-bond donors (Lipinski definition) is 1. The topological polar surface area (TPSA) is 28.7 Å². The average Bonchev–Trinajstić information content (AvgIpc) is 2.79. The van der Waals surface area contributed by atoms with E-state index < -0.39 is 0 Å². The summed E-state index contributed by atoms with van der Waals surface area (Å²) in [7, 11) is 0. The van der Waals surface area contributed by atoms with E-state index >= 15 is 0 Å². The molecule has 0 saturated carbocycles. The molecule has 4 heteroatoms. The molecule has 0 fully saturated rings. The number of aryl methyl sites for hydroxylation is 1. The van der Waals surface area contributed by atoms with E-state index in [1.54, 1.807) is 11.8 Å². The average molecular weight is 291 g/mol. The molecular formula is C15H15ClN2S. The molecule has 0 aliphatic heterocycles. The van der Waals surface area contributed by atoms with Gasteiger partial charge in [0.15, 0.2) is 5.16 Å². The number of rotatable bonds is 3. The maximum absolute atomic E-state index is 4.58. The second-order valence-electron chi connectivity index (χ2n) is 4.34. The van der Waals surface area contributed by atoms with E-state index in [1.165, 1.54) is 11.1 Å².